The van der Waals surface area contributed by atoms with E-state index in [4.69, 9.17) is 9.72 Å². The van der Waals surface area contributed by atoms with Crippen LogP contribution in [0, 0.1) is 5.92 Å². The van der Waals surface area contributed by atoms with Gasteiger partial charge in [-0.25, -0.2) is 4.98 Å². The molecule has 3 aromatic rings. The number of ether oxygens (including phenoxy) is 1. The SMILES string of the molecule is COCc1cccc(-c2ccc(C(=O)NCCc3ccccn3)c(NCC3CC3)n2)c1. The number of amides is 1. The van der Waals surface area contributed by atoms with Crippen molar-refractivity contribution in [2.75, 3.05) is 25.5 Å². The lowest BCUT2D eigenvalue weighted by atomic mass is 10.1. The number of hydrogen-bond acceptors (Lipinski definition) is 5. The molecule has 0 unspecified atom stereocenters. The van der Waals surface area contributed by atoms with Gasteiger partial charge >= 0.3 is 0 Å². The molecule has 2 aromatic heterocycles. The third-order valence-electron chi connectivity index (χ3n) is 5.32. The Balaban J connectivity index is 1.50. The van der Waals surface area contributed by atoms with Gasteiger partial charge in [0, 0.05) is 44.1 Å². The van der Waals surface area contributed by atoms with E-state index in [-0.39, 0.29) is 5.91 Å². The van der Waals surface area contributed by atoms with E-state index >= 15 is 0 Å². The molecule has 2 N–H and O–H groups in total. The molecule has 6 heteroatoms. The first-order chi connectivity index (χ1) is 15.2. The second kappa shape index (κ2) is 10.2. The summed E-state index contributed by atoms with van der Waals surface area (Å²) in [5.41, 5.74) is 4.45. The summed E-state index contributed by atoms with van der Waals surface area (Å²) < 4.78 is 5.24. The van der Waals surface area contributed by atoms with Crippen molar-refractivity contribution >= 4 is 11.7 Å². The minimum Gasteiger partial charge on any atom is -0.380 e. The quantitative estimate of drug-likeness (QED) is 0.521. The lowest BCUT2D eigenvalue weighted by Gasteiger charge is -2.13. The molecule has 1 amide bonds. The summed E-state index contributed by atoms with van der Waals surface area (Å²) >= 11 is 0. The van der Waals surface area contributed by atoms with Gasteiger partial charge in [0.25, 0.3) is 5.91 Å². The second-order valence-electron chi connectivity index (χ2n) is 7.88. The van der Waals surface area contributed by atoms with Gasteiger partial charge in [0.15, 0.2) is 0 Å². The number of rotatable bonds is 10. The molecule has 0 radical (unpaired) electrons. The molecule has 0 atom stereocenters. The van der Waals surface area contributed by atoms with Crippen LogP contribution in [-0.4, -0.2) is 36.1 Å². The fourth-order valence-corrected chi connectivity index (χ4v) is 3.43. The molecular formula is C25H28N4O2. The summed E-state index contributed by atoms with van der Waals surface area (Å²) in [7, 11) is 1.69. The minimum absolute atomic E-state index is 0.124. The number of hydrogen-bond donors (Lipinski definition) is 2. The lowest BCUT2D eigenvalue weighted by molar-refractivity contribution is 0.0954. The zero-order valence-corrected chi connectivity index (χ0v) is 17.8. The van der Waals surface area contributed by atoms with E-state index in [1.165, 1.54) is 12.8 Å². The Morgan fingerprint density at radius 2 is 2.03 bits per heavy atom. The predicted octanol–water partition coefficient (Wildman–Crippen LogP) is 4.08. The van der Waals surface area contributed by atoms with Gasteiger partial charge in [-0.3, -0.25) is 9.78 Å². The second-order valence-corrected chi connectivity index (χ2v) is 7.88. The van der Waals surface area contributed by atoms with Crippen molar-refractivity contribution in [3.63, 3.8) is 0 Å². The Labute approximate surface area is 183 Å². The van der Waals surface area contributed by atoms with Crippen molar-refractivity contribution in [1.29, 1.82) is 0 Å². The molecule has 1 fully saturated rings. The third kappa shape index (κ3) is 5.89. The Hall–Kier alpha value is -3.25. The van der Waals surface area contributed by atoms with Gasteiger partial charge in [-0.05, 0) is 54.7 Å². The Bertz CT molecular complexity index is 1020. The van der Waals surface area contributed by atoms with Gasteiger partial charge in [-0.15, -0.1) is 0 Å². The summed E-state index contributed by atoms with van der Waals surface area (Å²) in [6.07, 6.45) is 4.92. The van der Waals surface area contributed by atoms with E-state index in [0.717, 1.165) is 29.1 Å². The summed E-state index contributed by atoms with van der Waals surface area (Å²) in [4.78, 5) is 22.0. The van der Waals surface area contributed by atoms with E-state index in [2.05, 4.69) is 21.7 Å². The van der Waals surface area contributed by atoms with E-state index in [1.54, 1.807) is 13.3 Å². The highest BCUT2D eigenvalue weighted by molar-refractivity contribution is 5.99. The van der Waals surface area contributed by atoms with Gasteiger partial charge in [-0.2, -0.15) is 0 Å². The number of carbonyl (C=O) groups excluding carboxylic acids is 1. The Morgan fingerprint density at radius 1 is 1.13 bits per heavy atom. The summed E-state index contributed by atoms with van der Waals surface area (Å²) in [6.45, 7) is 1.92. The topological polar surface area (TPSA) is 76.1 Å². The first kappa shape index (κ1) is 21.0. The van der Waals surface area contributed by atoms with Crippen molar-refractivity contribution in [2.24, 2.45) is 5.92 Å². The Kier molecular flexibility index (Phi) is 6.89. The van der Waals surface area contributed by atoms with Crippen molar-refractivity contribution in [1.82, 2.24) is 15.3 Å². The van der Waals surface area contributed by atoms with Gasteiger partial charge in [0.05, 0.1) is 17.9 Å². The maximum atomic E-state index is 12.9. The number of benzene rings is 1. The maximum Gasteiger partial charge on any atom is 0.255 e. The van der Waals surface area contributed by atoms with Gasteiger partial charge < -0.3 is 15.4 Å². The van der Waals surface area contributed by atoms with Crippen LogP contribution in [0.4, 0.5) is 5.82 Å². The largest absolute Gasteiger partial charge is 0.380 e. The molecular weight excluding hydrogens is 388 g/mol. The highest BCUT2D eigenvalue weighted by Crippen LogP contribution is 2.30. The van der Waals surface area contributed by atoms with Crippen LogP contribution in [0.2, 0.25) is 0 Å². The molecule has 0 spiro atoms. The standard InChI is InChI=1S/C25H28N4O2/c1-31-17-19-5-4-6-20(15-19)23-11-10-22(24(29-23)28-16-18-8-9-18)25(30)27-14-12-21-7-2-3-13-26-21/h2-7,10-11,13,15,18H,8-9,12,14,16-17H2,1H3,(H,27,30)(H,28,29). The number of aromatic nitrogens is 2. The molecule has 1 aliphatic rings. The normalized spacial score (nSPS) is 13.1. The summed E-state index contributed by atoms with van der Waals surface area (Å²) in [6, 6.07) is 17.7. The van der Waals surface area contributed by atoms with Gasteiger partial charge in [0.2, 0.25) is 0 Å². The van der Waals surface area contributed by atoms with Crippen LogP contribution in [0.3, 0.4) is 0 Å². The van der Waals surface area contributed by atoms with E-state index in [9.17, 15) is 4.79 Å². The van der Waals surface area contributed by atoms with Crippen LogP contribution < -0.4 is 10.6 Å². The molecule has 4 rings (SSSR count). The fourth-order valence-electron chi connectivity index (χ4n) is 3.43. The molecule has 31 heavy (non-hydrogen) atoms. The highest BCUT2D eigenvalue weighted by Gasteiger charge is 2.22. The zero-order chi connectivity index (χ0) is 21.5. The van der Waals surface area contributed by atoms with Crippen LogP contribution in [-0.2, 0) is 17.8 Å². The minimum atomic E-state index is -0.124. The van der Waals surface area contributed by atoms with Gasteiger partial charge in [0.1, 0.15) is 5.82 Å². The summed E-state index contributed by atoms with van der Waals surface area (Å²) in [5.74, 6) is 1.19. The molecule has 6 nitrogen and oxygen atoms in total. The molecule has 1 aliphatic carbocycles. The van der Waals surface area contributed by atoms with Crippen molar-refractivity contribution in [3.05, 3.63) is 77.6 Å². The average Bonchev–Trinajstić information content (AvgIpc) is 3.63. The molecule has 0 bridgehead atoms. The lowest BCUT2D eigenvalue weighted by Crippen LogP contribution is -2.27. The maximum absolute atomic E-state index is 12.9. The third-order valence-corrected chi connectivity index (χ3v) is 5.32. The predicted molar refractivity (Wildman–Crippen MR) is 122 cm³/mol. The van der Waals surface area contributed by atoms with E-state index in [1.807, 2.05) is 48.5 Å². The molecule has 0 saturated heterocycles. The van der Waals surface area contributed by atoms with Crippen LogP contribution in [0.25, 0.3) is 11.3 Å². The number of nitrogens with zero attached hydrogens (tertiary/aromatic N) is 2. The number of nitrogens with one attached hydrogen (secondary N) is 2. The van der Waals surface area contributed by atoms with Gasteiger partial charge in [-0.1, -0.05) is 24.3 Å². The average molecular weight is 417 g/mol. The number of carbonyl (C=O) groups is 1. The number of methoxy groups -OCH3 is 1. The van der Waals surface area contributed by atoms with Crippen molar-refractivity contribution in [3.8, 4) is 11.3 Å². The van der Waals surface area contributed by atoms with Crippen LogP contribution >= 0.6 is 0 Å². The van der Waals surface area contributed by atoms with Crippen LogP contribution in [0.15, 0.2) is 60.8 Å². The molecule has 160 valence electrons. The molecule has 2 heterocycles. The van der Waals surface area contributed by atoms with Crippen molar-refractivity contribution < 1.29 is 9.53 Å². The van der Waals surface area contributed by atoms with Crippen molar-refractivity contribution in [2.45, 2.75) is 25.9 Å². The summed E-state index contributed by atoms with van der Waals surface area (Å²) in [5, 5.41) is 6.41. The smallest absolute Gasteiger partial charge is 0.255 e. The Morgan fingerprint density at radius 3 is 2.81 bits per heavy atom. The van der Waals surface area contributed by atoms with E-state index < -0.39 is 0 Å². The molecule has 1 aromatic carbocycles. The van der Waals surface area contributed by atoms with Crippen LogP contribution in [0.5, 0.6) is 0 Å². The molecule has 1 saturated carbocycles. The fraction of sp³-hybridized carbons (Fsp3) is 0.320. The first-order valence-electron chi connectivity index (χ1n) is 10.7. The first-order valence-corrected chi connectivity index (χ1v) is 10.7. The monoisotopic (exact) mass is 416 g/mol. The highest BCUT2D eigenvalue weighted by atomic mass is 16.5. The van der Waals surface area contributed by atoms with Crippen LogP contribution in [0.1, 0.15) is 34.5 Å². The van der Waals surface area contributed by atoms with E-state index in [0.29, 0.717) is 36.9 Å². The molecule has 0 aliphatic heterocycles. The number of anilines is 1. The zero-order valence-electron chi connectivity index (χ0n) is 17.8. The number of pyridine rings is 2.